The van der Waals surface area contributed by atoms with E-state index in [-0.39, 0.29) is 11.3 Å². The normalized spacial score (nSPS) is 19.4. The third-order valence-corrected chi connectivity index (χ3v) is 5.92. The zero-order valence-corrected chi connectivity index (χ0v) is 20.1. The maximum absolute atomic E-state index is 13.0. The number of aromatic nitrogens is 1. The second-order valence-electron chi connectivity index (χ2n) is 8.75. The number of carbonyl (C=O) groups excluding carboxylic acids is 1. The van der Waals surface area contributed by atoms with Gasteiger partial charge in [0.05, 0.1) is 17.3 Å². The molecule has 3 heterocycles. The molecule has 0 saturated carbocycles. The van der Waals surface area contributed by atoms with Crippen molar-refractivity contribution < 1.29 is 50.9 Å². The Morgan fingerprint density at radius 2 is 1.47 bits per heavy atom. The van der Waals surface area contributed by atoms with Crippen molar-refractivity contribution >= 4 is 23.5 Å². The molecule has 2 N–H and O–H groups in total. The van der Waals surface area contributed by atoms with Crippen molar-refractivity contribution in [2.75, 3.05) is 24.5 Å². The van der Waals surface area contributed by atoms with Crippen LogP contribution in [0, 0.1) is 12.3 Å². The van der Waals surface area contributed by atoms with Crippen molar-refractivity contribution in [2.45, 2.75) is 38.7 Å². The summed E-state index contributed by atoms with van der Waals surface area (Å²) in [5.41, 5.74) is 3.35. The van der Waals surface area contributed by atoms with Crippen LogP contribution in [0.2, 0.25) is 0 Å². The van der Waals surface area contributed by atoms with E-state index in [1.165, 1.54) is 11.1 Å². The van der Waals surface area contributed by atoms with Crippen molar-refractivity contribution in [1.29, 1.82) is 0 Å². The highest BCUT2D eigenvalue weighted by atomic mass is 19.4. The first-order valence-electron chi connectivity index (χ1n) is 11.2. The monoisotopic (exact) mass is 549 g/mol. The van der Waals surface area contributed by atoms with Gasteiger partial charge in [-0.25, -0.2) is 9.59 Å². The topological polar surface area (TPSA) is 111 Å². The molecule has 1 aromatic heterocycles. The van der Waals surface area contributed by atoms with E-state index in [9.17, 15) is 31.1 Å². The molecule has 2 aromatic rings. The van der Waals surface area contributed by atoms with Gasteiger partial charge in [-0.1, -0.05) is 29.8 Å². The van der Waals surface area contributed by atoms with Crippen molar-refractivity contribution in [3.8, 4) is 0 Å². The van der Waals surface area contributed by atoms with Gasteiger partial charge in [0.2, 0.25) is 5.91 Å². The molecule has 0 aliphatic carbocycles. The number of halogens is 6. The number of benzene rings is 1. The lowest BCUT2D eigenvalue weighted by molar-refractivity contribution is -0.193. The van der Waals surface area contributed by atoms with E-state index >= 15 is 0 Å². The number of nitrogens with zero attached hydrogens (tertiary/aromatic N) is 3. The number of alkyl halides is 6. The van der Waals surface area contributed by atoms with Gasteiger partial charge in [0.1, 0.15) is 0 Å². The number of carbonyl (C=O) groups is 3. The molecule has 2 fully saturated rings. The van der Waals surface area contributed by atoms with Gasteiger partial charge < -0.3 is 15.1 Å². The SMILES string of the molecule is Cc1ccc(CN2CCC3(CCN(c4cccnc4)C3=O)C2)cc1.O=C(O)C(F)(F)F.O=C(O)C(F)(F)F. The number of pyridine rings is 1. The molecule has 2 aliphatic heterocycles. The van der Waals surface area contributed by atoms with Crippen molar-refractivity contribution in [1.82, 2.24) is 9.88 Å². The molecule has 4 rings (SSSR count). The number of hydrogen-bond donors (Lipinski definition) is 2. The molecular formula is C24H25F6N3O5. The molecule has 1 amide bonds. The standard InChI is InChI=1S/C20H23N3O.2C2HF3O2/c1-16-4-6-17(7-5-16)14-22-11-8-20(15-22)9-12-23(19(20)24)18-3-2-10-21-13-18;2*3-2(4,5)1(6)7/h2-7,10,13H,8-9,11-12,14-15H2,1H3;2*(H,6,7). The predicted octanol–water partition coefficient (Wildman–Crippen LogP) is 4.29. The lowest BCUT2D eigenvalue weighted by Gasteiger charge is -2.23. The van der Waals surface area contributed by atoms with Gasteiger partial charge in [0.25, 0.3) is 0 Å². The molecule has 8 nitrogen and oxygen atoms in total. The smallest absolute Gasteiger partial charge is 0.475 e. The summed E-state index contributed by atoms with van der Waals surface area (Å²) < 4.78 is 63.5. The third kappa shape index (κ3) is 8.43. The number of carboxylic acid groups (broad SMARTS) is 2. The van der Waals surface area contributed by atoms with E-state index in [2.05, 4.69) is 41.1 Å². The quantitative estimate of drug-likeness (QED) is 0.550. The number of rotatable bonds is 3. The zero-order valence-electron chi connectivity index (χ0n) is 20.1. The molecule has 14 heteroatoms. The van der Waals surface area contributed by atoms with E-state index < -0.39 is 24.3 Å². The molecule has 1 aromatic carbocycles. The van der Waals surface area contributed by atoms with Crippen LogP contribution in [0.3, 0.4) is 0 Å². The Morgan fingerprint density at radius 3 is 1.95 bits per heavy atom. The summed E-state index contributed by atoms with van der Waals surface area (Å²) in [6.45, 7) is 5.72. The summed E-state index contributed by atoms with van der Waals surface area (Å²) in [5.74, 6) is -5.23. The molecular weight excluding hydrogens is 524 g/mol. The molecule has 0 bridgehead atoms. The Hall–Kier alpha value is -3.68. The van der Waals surface area contributed by atoms with Crippen LogP contribution in [-0.4, -0.2) is 69.9 Å². The minimum absolute atomic E-state index is 0.194. The zero-order chi connectivity index (χ0) is 28.7. The fourth-order valence-electron chi connectivity index (χ4n) is 4.00. The molecule has 1 unspecified atom stereocenters. The van der Waals surface area contributed by atoms with Crippen LogP contribution >= 0.6 is 0 Å². The molecule has 1 atom stereocenters. The first-order chi connectivity index (χ1) is 17.5. The summed E-state index contributed by atoms with van der Waals surface area (Å²) in [6.07, 6.45) is -4.71. The molecule has 2 aliphatic rings. The van der Waals surface area contributed by atoms with E-state index in [0.717, 1.165) is 44.7 Å². The first kappa shape index (κ1) is 30.5. The Bertz CT molecular complexity index is 1090. The van der Waals surface area contributed by atoms with Gasteiger partial charge in [-0.2, -0.15) is 26.3 Å². The number of aliphatic carboxylic acids is 2. The van der Waals surface area contributed by atoms with Crippen LogP contribution in [0.5, 0.6) is 0 Å². The predicted molar refractivity (Wildman–Crippen MR) is 122 cm³/mol. The van der Waals surface area contributed by atoms with Gasteiger partial charge in [-0.15, -0.1) is 0 Å². The number of aryl methyl sites for hydroxylation is 1. The molecule has 0 radical (unpaired) electrons. The number of likely N-dealkylation sites (tertiary alicyclic amines) is 1. The maximum Gasteiger partial charge on any atom is 0.490 e. The molecule has 2 saturated heterocycles. The second kappa shape index (κ2) is 12.2. The Kier molecular flexibility index (Phi) is 9.84. The van der Waals surface area contributed by atoms with Crippen molar-refractivity contribution in [3.63, 3.8) is 0 Å². The average Bonchev–Trinajstić information content (AvgIpc) is 3.39. The number of carboxylic acids is 2. The highest BCUT2D eigenvalue weighted by molar-refractivity contribution is 6.00. The Morgan fingerprint density at radius 1 is 0.947 bits per heavy atom. The van der Waals surface area contributed by atoms with Gasteiger partial charge in [0.15, 0.2) is 0 Å². The average molecular weight is 549 g/mol. The Labute approximate surface area is 213 Å². The summed E-state index contributed by atoms with van der Waals surface area (Å²) in [7, 11) is 0. The molecule has 208 valence electrons. The van der Waals surface area contributed by atoms with Gasteiger partial charge in [-0.05, 0) is 44.0 Å². The summed E-state index contributed by atoms with van der Waals surface area (Å²) >= 11 is 0. The van der Waals surface area contributed by atoms with E-state index in [1.807, 2.05) is 17.0 Å². The molecule has 1 spiro atoms. The molecule has 38 heavy (non-hydrogen) atoms. The Balaban J connectivity index is 0.000000301. The van der Waals surface area contributed by atoms with Gasteiger partial charge >= 0.3 is 24.3 Å². The van der Waals surface area contributed by atoms with Crippen molar-refractivity contribution in [2.24, 2.45) is 5.41 Å². The van der Waals surface area contributed by atoms with Crippen LogP contribution in [-0.2, 0) is 20.9 Å². The van der Waals surface area contributed by atoms with Gasteiger partial charge in [-0.3, -0.25) is 14.7 Å². The maximum atomic E-state index is 13.0. The number of hydrogen-bond acceptors (Lipinski definition) is 5. The highest BCUT2D eigenvalue weighted by Gasteiger charge is 2.50. The first-order valence-corrected chi connectivity index (χ1v) is 11.2. The number of anilines is 1. The van der Waals surface area contributed by atoms with Crippen molar-refractivity contribution in [3.05, 3.63) is 59.9 Å². The van der Waals surface area contributed by atoms with E-state index in [4.69, 9.17) is 19.8 Å². The summed E-state index contributed by atoms with van der Waals surface area (Å²) in [5, 5.41) is 14.2. The van der Waals surface area contributed by atoms with Gasteiger partial charge in [0, 0.05) is 25.8 Å². The van der Waals surface area contributed by atoms with Crippen LogP contribution in [0.15, 0.2) is 48.8 Å². The third-order valence-electron chi connectivity index (χ3n) is 5.92. The fraction of sp³-hybridized carbons (Fsp3) is 0.417. The minimum atomic E-state index is -5.08. The highest BCUT2D eigenvalue weighted by Crippen LogP contribution is 2.42. The number of amides is 1. The van der Waals surface area contributed by atoms with E-state index in [0.29, 0.717) is 0 Å². The van der Waals surface area contributed by atoms with Crippen LogP contribution < -0.4 is 4.90 Å². The van der Waals surface area contributed by atoms with Crippen LogP contribution in [0.1, 0.15) is 24.0 Å². The fourth-order valence-corrected chi connectivity index (χ4v) is 4.00. The lowest BCUT2D eigenvalue weighted by atomic mass is 9.85. The lowest BCUT2D eigenvalue weighted by Crippen LogP contribution is -2.36. The second-order valence-corrected chi connectivity index (χ2v) is 8.75. The van der Waals surface area contributed by atoms with Crippen LogP contribution in [0.4, 0.5) is 32.0 Å². The van der Waals surface area contributed by atoms with Crippen LogP contribution in [0.25, 0.3) is 0 Å². The minimum Gasteiger partial charge on any atom is -0.475 e. The summed E-state index contributed by atoms with van der Waals surface area (Å²) in [4.78, 5) is 39.3. The largest absolute Gasteiger partial charge is 0.490 e. The van der Waals surface area contributed by atoms with E-state index in [1.54, 1.807) is 12.4 Å². The summed E-state index contributed by atoms with van der Waals surface area (Å²) in [6, 6.07) is 12.6.